The number of rotatable bonds is 6. The summed E-state index contributed by atoms with van der Waals surface area (Å²) in [5.74, 6) is 0.00615. The summed E-state index contributed by atoms with van der Waals surface area (Å²) in [4.78, 5) is 30.8. The number of pyridine rings is 1. The minimum Gasteiger partial charge on any atom is -0.497 e. The number of esters is 1. The van der Waals surface area contributed by atoms with Crippen LogP contribution in [0.2, 0.25) is 0 Å². The monoisotopic (exact) mass is 475 g/mol. The van der Waals surface area contributed by atoms with E-state index in [0.29, 0.717) is 27.7 Å². The maximum atomic E-state index is 13.2. The smallest absolute Gasteiger partial charge is 0.339 e. The summed E-state index contributed by atoms with van der Waals surface area (Å²) in [6.45, 7) is 3.47. The first-order valence-electron chi connectivity index (χ1n) is 11.7. The Balaban J connectivity index is 1.48. The molecule has 0 bridgehead atoms. The van der Waals surface area contributed by atoms with Gasteiger partial charge < -0.3 is 9.47 Å². The van der Waals surface area contributed by atoms with Crippen molar-refractivity contribution in [3.8, 4) is 17.0 Å². The molecule has 0 N–H and O–H groups in total. The van der Waals surface area contributed by atoms with Gasteiger partial charge in [0.05, 0.1) is 23.9 Å². The van der Waals surface area contributed by atoms with E-state index in [1.54, 1.807) is 13.2 Å². The van der Waals surface area contributed by atoms with Crippen LogP contribution in [0.4, 0.5) is 0 Å². The Labute approximate surface area is 209 Å². The molecule has 178 valence electrons. The number of ether oxygens (including phenoxy) is 2. The molecule has 5 heteroatoms. The lowest BCUT2D eigenvalue weighted by Crippen LogP contribution is -2.16. The largest absolute Gasteiger partial charge is 0.497 e. The lowest BCUT2D eigenvalue weighted by Gasteiger charge is -2.11. The molecule has 1 heterocycles. The molecule has 0 aliphatic carbocycles. The highest BCUT2D eigenvalue weighted by Gasteiger charge is 2.18. The van der Waals surface area contributed by atoms with Crippen molar-refractivity contribution < 1.29 is 19.1 Å². The number of methoxy groups -OCH3 is 1. The average Bonchev–Trinajstić information content (AvgIpc) is 2.91. The summed E-state index contributed by atoms with van der Waals surface area (Å²) in [6.07, 6.45) is 0. The van der Waals surface area contributed by atoms with Gasteiger partial charge in [-0.3, -0.25) is 4.79 Å². The molecule has 0 spiro atoms. The van der Waals surface area contributed by atoms with E-state index in [2.05, 4.69) is 0 Å². The van der Waals surface area contributed by atoms with Gasteiger partial charge in [0.15, 0.2) is 6.61 Å². The second-order valence-electron chi connectivity index (χ2n) is 8.82. The van der Waals surface area contributed by atoms with E-state index in [-0.39, 0.29) is 12.4 Å². The van der Waals surface area contributed by atoms with Gasteiger partial charge in [0.1, 0.15) is 5.75 Å². The van der Waals surface area contributed by atoms with Crippen molar-refractivity contribution in [2.75, 3.05) is 13.7 Å². The third kappa shape index (κ3) is 4.56. The number of Topliss-reactive ketones (excluding diaryl/α,β-unsaturated/α-hetero) is 1. The summed E-state index contributed by atoms with van der Waals surface area (Å²) in [7, 11) is 1.64. The first-order chi connectivity index (χ1) is 17.4. The minimum atomic E-state index is -0.556. The fourth-order valence-corrected chi connectivity index (χ4v) is 4.33. The van der Waals surface area contributed by atoms with Crippen LogP contribution in [0.15, 0.2) is 84.9 Å². The van der Waals surface area contributed by atoms with Crippen molar-refractivity contribution in [1.82, 2.24) is 4.98 Å². The molecule has 4 aromatic carbocycles. The quantitative estimate of drug-likeness (QED) is 0.201. The van der Waals surface area contributed by atoms with Gasteiger partial charge in [0.2, 0.25) is 5.78 Å². The van der Waals surface area contributed by atoms with Crippen molar-refractivity contribution in [3.63, 3.8) is 0 Å². The average molecular weight is 476 g/mol. The van der Waals surface area contributed by atoms with E-state index in [0.717, 1.165) is 33.2 Å². The number of para-hydroxylation sites is 1. The van der Waals surface area contributed by atoms with Crippen LogP contribution in [0.5, 0.6) is 5.75 Å². The highest BCUT2D eigenvalue weighted by molar-refractivity contribution is 6.06. The predicted octanol–water partition coefficient (Wildman–Crippen LogP) is 6.72. The predicted molar refractivity (Wildman–Crippen MR) is 142 cm³/mol. The van der Waals surface area contributed by atoms with Crippen LogP contribution in [0.3, 0.4) is 0 Å². The van der Waals surface area contributed by atoms with Gasteiger partial charge in [-0.05, 0) is 66.6 Å². The number of ketones is 1. The summed E-state index contributed by atoms with van der Waals surface area (Å²) in [5.41, 5.74) is 4.98. The summed E-state index contributed by atoms with van der Waals surface area (Å²) >= 11 is 0. The molecular formula is C31H25NO4. The second-order valence-corrected chi connectivity index (χ2v) is 8.82. The Morgan fingerprint density at radius 3 is 2.42 bits per heavy atom. The molecule has 0 unspecified atom stereocenters. The maximum absolute atomic E-state index is 13.2. The Morgan fingerprint density at radius 2 is 1.58 bits per heavy atom. The number of hydrogen-bond donors (Lipinski definition) is 0. The fraction of sp³-hybridized carbons (Fsp3) is 0.129. The lowest BCUT2D eigenvalue weighted by molar-refractivity contribution is 0.0476. The SMILES string of the molecule is COc1ccc2cc(-c3cc(C(=O)OCC(=O)c4cc(C)ccc4C)c4ccccc4n3)ccc2c1. The van der Waals surface area contributed by atoms with Crippen molar-refractivity contribution in [1.29, 1.82) is 0 Å². The summed E-state index contributed by atoms with van der Waals surface area (Å²) < 4.78 is 10.8. The normalized spacial score (nSPS) is 11.0. The van der Waals surface area contributed by atoms with E-state index in [4.69, 9.17) is 14.5 Å². The van der Waals surface area contributed by atoms with Crippen molar-refractivity contribution in [2.45, 2.75) is 13.8 Å². The van der Waals surface area contributed by atoms with Crippen LogP contribution >= 0.6 is 0 Å². The molecule has 0 atom stereocenters. The number of aromatic nitrogens is 1. The third-order valence-corrected chi connectivity index (χ3v) is 6.31. The number of benzene rings is 4. The van der Waals surface area contributed by atoms with Crippen molar-refractivity contribution in [3.05, 3.63) is 107 Å². The number of carbonyl (C=O) groups excluding carboxylic acids is 2. The summed E-state index contributed by atoms with van der Waals surface area (Å²) in [5, 5.41) is 2.76. The number of nitrogens with zero attached hydrogens (tertiary/aromatic N) is 1. The Hall–Kier alpha value is -4.51. The first kappa shape index (κ1) is 23.2. The molecule has 0 aliphatic heterocycles. The highest BCUT2D eigenvalue weighted by atomic mass is 16.5. The van der Waals surface area contributed by atoms with E-state index in [1.165, 1.54) is 0 Å². The highest BCUT2D eigenvalue weighted by Crippen LogP contribution is 2.29. The zero-order chi connectivity index (χ0) is 25.2. The number of carbonyl (C=O) groups is 2. The van der Waals surface area contributed by atoms with Crippen LogP contribution in [-0.4, -0.2) is 30.5 Å². The van der Waals surface area contributed by atoms with Crippen LogP contribution in [0, 0.1) is 13.8 Å². The molecule has 5 rings (SSSR count). The number of hydrogen-bond acceptors (Lipinski definition) is 5. The van der Waals surface area contributed by atoms with Gasteiger partial charge in [-0.1, -0.05) is 54.1 Å². The Kier molecular flexibility index (Phi) is 6.21. The summed E-state index contributed by atoms with van der Waals surface area (Å²) in [6, 6.07) is 26.7. The molecule has 0 radical (unpaired) electrons. The lowest BCUT2D eigenvalue weighted by atomic mass is 10.0. The molecule has 5 aromatic rings. The molecule has 0 saturated heterocycles. The van der Waals surface area contributed by atoms with Crippen LogP contribution in [0.25, 0.3) is 32.9 Å². The molecule has 0 amide bonds. The van der Waals surface area contributed by atoms with E-state index >= 15 is 0 Å². The van der Waals surface area contributed by atoms with E-state index in [1.807, 2.05) is 92.7 Å². The number of aryl methyl sites for hydroxylation is 2. The van der Waals surface area contributed by atoms with Crippen LogP contribution in [0.1, 0.15) is 31.8 Å². The van der Waals surface area contributed by atoms with Gasteiger partial charge in [-0.15, -0.1) is 0 Å². The fourth-order valence-electron chi connectivity index (χ4n) is 4.33. The zero-order valence-corrected chi connectivity index (χ0v) is 20.4. The van der Waals surface area contributed by atoms with Gasteiger partial charge in [-0.25, -0.2) is 9.78 Å². The number of fused-ring (bicyclic) bond motifs is 2. The van der Waals surface area contributed by atoms with Crippen molar-refractivity contribution >= 4 is 33.4 Å². The van der Waals surface area contributed by atoms with E-state index < -0.39 is 5.97 Å². The zero-order valence-electron chi connectivity index (χ0n) is 20.4. The van der Waals surface area contributed by atoms with Gasteiger partial charge in [0, 0.05) is 16.5 Å². The van der Waals surface area contributed by atoms with Gasteiger partial charge >= 0.3 is 5.97 Å². The standard InChI is InChI=1S/C31H25NO4/c1-19-8-9-20(2)26(14-19)30(33)18-36-31(34)27-17-29(32-28-7-5-4-6-25(27)28)23-11-10-22-16-24(35-3)13-12-21(22)15-23/h4-17H,18H2,1-3H3. The Morgan fingerprint density at radius 1 is 0.806 bits per heavy atom. The van der Waals surface area contributed by atoms with Gasteiger partial charge in [0.25, 0.3) is 0 Å². The minimum absolute atomic E-state index is 0.229. The maximum Gasteiger partial charge on any atom is 0.339 e. The van der Waals surface area contributed by atoms with Crippen molar-refractivity contribution in [2.24, 2.45) is 0 Å². The molecular weight excluding hydrogens is 450 g/mol. The topological polar surface area (TPSA) is 65.5 Å². The molecule has 0 fully saturated rings. The Bertz CT molecular complexity index is 1640. The second kappa shape index (κ2) is 9.62. The molecule has 36 heavy (non-hydrogen) atoms. The van der Waals surface area contributed by atoms with E-state index in [9.17, 15) is 9.59 Å². The molecule has 5 nitrogen and oxygen atoms in total. The molecule has 0 aliphatic rings. The molecule has 0 saturated carbocycles. The van der Waals surface area contributed by atoms with Crippen LogP contribution < -0.4 is 4.74 Å². The molecule has 1 aromatic heterocycles. The van der Waals surface area contributed by atoms with Crippen LogP contribution in [-0.2, 0) is 4.74 Å². The first-order valence-corrected chi connectivity index (χ1v) is 11.7. The third-order valence-electron chi connectivity index (χ3n) is 6.31. The van der Waals surface area contributed by atoms with Gasteiger partial charge in [-0.2, -0.15) is 0 Å².